The van der Waals surface area contributed by atoms with Crippen molar-refractivity contribution >= 4 is 28.5 Å². The van der Waals surface area contributed by atoms with Gasteiger partial charge in [0.2, 0.25) is 0 Å². The fourth-order valence-corrected chi connectivity index (χ4v) is 3.16. The van der Waals surface area contributed by atoms with Gasteiger partial charge in [0.15, 0.2) is 17.9 Å². The maximum atomic E-state index is 11.4. The molecule has 0 aliphatic heterocycles. The number of benzene rings is 2. The molecule has 0 atom stereocenters. The molecule has 0 fully saturated rings. The molecule has 176 valence electrons. The van der Waals surface area contributed by atoms with Crippen LogP contribution in [0.5, 0.6) is 0 Å². The number of pyridine rings is 1. The predicted octanol–water partition coefficient (Wildman–Crippen LogP) is 0.836. The van der Waals surface area contributed by atoms with E-state index in [9.17, 15) is 30.3 Å². The number of halogens is 1. The minimum atomic E-state index is -0.739. The zero-order chi connectivity index (χ0) is 24.1. The number of nitrogens with one attached hydrogen (secondary N) is 1. The molecule has 1 aromatic heterocycles. The van der Waals surface area contributed by atoms with Crippen molar-refractivity contribution in [2.45, 2.75) is 20.4 Å². The van der Waals surface area contributed by atoms with Crippen LogP contribution in [0.3, 0.4) is 0 Å². The van der Waals surface area contributed by atoms with Gasteiger partial charge in [-0.25, -0.2) is 0 Å². The van der Waals surface area contributed by atoms with Gasteiger partial charge in [0, 0.05) is 49.7 Å². The van der Waals surface area contributed by atoms with Crippen molar-refractivity contribution in [1.29, 1.82) is 0 Å². The molecule has 13 heteroatoms. The Morgan fingerprint density at radius 2 is 1.41 bits per heavy atom. The molecule has 0 aliphatic carbocycles. The van der Waals surface area contributed by atoms with Crippen molar-refractivity contribution in [2.75, 3.05) is 5.43 Å². The van der Waals surface area contributed by atoms with Gasteiger partial charge in [0.1, 0.15) is 11.4 Å². The minimum Gasteiger partial charge on any atom is -1.00 e. The van der Waals surface area contributed by atoms with E-state index in [0.29, 0.717) is 11.3 Å². The van der Waals surface area contributed by atoms with E-state index in [1.165, 1.54) is 30.3 Å². The van der Waals surface area contributed by atoms with E-state index in [4.69, 9.17) is 0 Å². The SMILES string of the molecule is Cc1cccc(C)[n+]1C/C(=N\Nc1ccc([N+](=O)[O-])cc1[N+](=O)[O-])c1ccc([N+](=O)[O-])cc1.[Br-]. The Hall–Kier alpha value is -4.26. The van der Waals surface area contributed by atoms with Crippen LogP contribution < -0.4 is 27.0 Å². The first-order valence-corrected chi connectivity index (χ1v) is 9.63. The van der Waals surface area contributed by atoms with Gasteiger partial charge in [-0.2, -0.15) is 9.67 Å². The van der Waals surface area contributed by atoms with Crippen molar-refractivity contribution < 1.29 is 36.3 Å². The van der Waals surface area contributed by atoms with Crippen LogP contribution in [0.2, 0.25) is 0 Å². The summed E-state index contributed by atoms with van der Waals surface area (Å²) < 4.78 is 1.96. The third-order valence-corrected chi connectivity index (χ3v) is 4.95. The number of anilines is 1. The molecule has 3 rings (SSSR count). The van der Waals surface area contributed by atoms with Gasteiger partial charge in [-0.3, -0.25) is 35.8 Å². The van der Waals surface area contributed by atoms with Crippen LogP contribution >= 0.6 is 0 Å². The van der Waals surface area contributed by atoms with Crippen molar-refractivity contribution in [1.82, 2.24) is 0 Å². The van der Waals surface area contributed by atoms with E-state index in [2.05, 4.69) is 10.5 Å². The average molecular weight is 531 g/mol. The van der Waals surface area contributed by atoms with E-state index in [0.717, 1.165) is 23.5 Å². The molecule has 0 spiro atoms. The normalized spacial score (nSPS) is 10.8. The summed E-state index contributed by atoms with van der Waals surface area (Å²) in [7, 11) is 0. The van der Waals surface area contributed by atoms with Crippen LogP contribution in [-0.2, 0) is 6.54 Å². The standard InChI is InChI=1S/C21H19N6O6.BrH/c1-14-4-3-5-15(2)24(14)13-20(16-6-8-17(9-7-16)25(28)29)23-22-19-11-10-18(26(30)31)12-21(19)27(32)33;/h3-12,22H,13H2,1-2H3;1H/q+1;/p-1/b23-20+;. The first-order chi connectivity index (χ1) is 15.7. The van der Waals surface area contributed by atoms with Gasteiger partial charge in [0.25, 0.3) is 11.4 Å². The molecule has 12 nitrogen and oxygen atoms in total. The Labute approximate surface area is 203 Å². The second kappa shape index (κ2) is 11.0. The van der Waals surface area contributed by atoms with Crippen LogP contribution in [-0.4, -0.2) is 20.5 Å². The number of hydrazone groups is 1. The molecule has 0 saturated heterocycles. The van der Waals surface area contributed by atoms with Crippen molar-refractivity contribution in [3.8, 4) is 0 Å². The lowest BCUT2D eigenvalue weighted by Crippen LogP contribution is -3.00. The van der Waals surface area contributed by atoms with Crippen molar-refractivity contribution in [2.24, 2.45) is 5.10 Å². The highest BCUT2D eigenvalue weighted by Crippen LogP contribution is 2.29. The molecule has 0 unspecified atom stereocenters. The van der Waals surface area contributed by atoms with Gasteiger partial charge in [-0.05, 0) is 24.3 Å². The van der Waals surface area contributed by atoms with E-state index < -0.39 is 26.1 Å². The number of non-ortho nitro benzene ring substituents is 2. The van der Waals surface area contributed by atoms with E-state index in [-0.39, 0.29) is 34.9 Å². The number of nitrogens with zero attached hydrogens (tertiary/aromatic N) is 5. The van der Waals surface area contributed by atoms with Crippen molar-refractivity contribution in [3.05, 3.63) is 108 Å². The number of nitro groups is 3. The van der Waals surface area contributed by atoms with Crippen LogP contribution in [0, 0.1) is 44.2 Å². The Bertz CT molecular complexity index is 1260. The lowest BCUT2D eigenvalue weighted by Gasteiger charge is -2.09. The number of hydrogen-bond acceptors (Lipinski definition) is 8. The van der Waals surface area contributed by atoms with Gasteiger partial charge < -0.3 is 17.0 Å². The van der Waals surface area contributed by atoms with Gasteiger partial charge >= 0.3 is 5.69 Å². The van der Waals surface area contributed by atoms with E-state index >= 15 is 0 Å². The molecule has 0 aliphatic rings. The topological polar surface area (TPSA) is 158 Å². The summed E-state index contributed by atoms with van der Waals surface area (Å²) in [4.78, 5) is 31.4. The molecule has 1 heterocycles. The summed E-state index contributed by atoms with van der Waals surface area (Å²) in [5.74, 6) is 0. The fraction of sp³-hybridized carbons (Fsp3) is 0.143. The smallest absolute Gasteiger partial charge is 0.301 e. The summed E-state index contributed by atoms with van der Waals surface area (Å²) in [6.07, 6.45) is 0. The Kier molecular flexibility index (Phi) is 8.45. The average Bonchev–Trinajstić information content (AvgIpc) is 2.78. The van der Waals surface area contributed by atoms with Crippen molar-refractivity contribution in [3.63, 3.8) is 0 Å². The van der Waals surface area contributed by atoms with Crippen LogP contribution in [0.15, 0.2) is 65.8 Å². The molecule has 2 aromatic carbocycles. The lowest BCUT2D eigenvalue weighted by atomic mass is 10.1. The highest BCUT2D eigenvalue weighted by Gasteiger charge is 2.21. The maximum Gasteiger partial charge on any atom is 0.301 e. The molecule has 1 N–H and O–H groups in total. The molecule has 3 aromatic rings. The quantitative estimate of drug-likeness (QED) is 0.195. The molecular weight excluding hydrogens is 512 g/mol. The first-order valence-electron chi connectivity index (χ1n) is 9.63. The van der Waals surface area contributed by atoms with Gasteiger partial charge in [0.05, 0.1) is 20.8 Å². The largest absolute Gasteiger partial charge is 1.00 e. The predicted molar refractivity (Wildman–Crippen MR) is 119 cm³/mol. The number of rotatable bonds is 8. The molecule has 0 saturated carbocycles. The second-order valence-corrected chi connectivity index (χ2v) is 7.08. The zero-order valence-electron chi connectivity index (χ0n) is 18.0. The molecule has 0 radical (unpaired) electrons. The fourth-order valence-electron chi connectivity index (χ4n) is 3.16. The Morgan fingerprint density at radius 1 is 0.853 bits per heavy atom. The van der Waals surface area contributed by atoms with Crippen LogP contribution in [0.1, 0.15) is 17.0 Å². The molecule has 0 bridgehead atoms. The number of nitro benzene ring substituents is 3. The van der Waals surface area contributed by atoms with Gasteiger partial charge in [-0.1, -0.05) is 0 Å². The molecule has 0 amide bonds. The summed E-state index contributed by atoms with van der Waals surface area (Å²) in [6.45, 7) is 4.09. The van der Waals surface area contributed by atoms with Crippen LogP contribution in [0.4, 0.5) is 22.7 Å². The third kappa shape index (κ3) is 5.95. The highest BCUT2D eigenvalue weighted by molar-refractivity contribution is 6.00. The summed E-state index contributed by atoms with van der Waals surface area (Å²) in [5, 5.41) is 37.7. The second-order valence-electron chi connectivity index (χ2n) is 7.08. The Balaban J connectivity index is 0.00000408. The molecule has 34 heavy (non-hydrogen) atoms. The van der Waals surface area contributed by atoms with E-state index in [1.807, 2.05) is 36.6 Å². The zero-order valence-corrected chi connectivity index (χ0v) is 19.6. The van der Waals surface area contributed by atoms with Gasteiger partial charge in [-0.15, -0.1) is 0 Å². The lowest BCUT2D eigenvalue weighted by molar-refractivity contribution is -0.693. The van der Waals surface area contributed by atoms with E-state index in [1.54, 1.807) is 0 Å². The summed E-state index contributed by atoms with van der Waals surface area (Å²) in [6, 6.07) is 14.7. The maximum absolute atomic E-state index is 11.4. The number of aryl methyl sites for hydroxylation is 2. The number of hydrogen-bond donors (Lipinski definition) is 1. The van der Waals surface area contributed by atoms with Crippen LogP contribution in [0.25, 0.3) is 0 Å². The number of aromatic nitrogens is 1. The summed E-state index contributed by atoms with van der Waals surface area (Å²) >= 11 is 0. The highest BCUT2D eigenvalue weighted by atomic mass is 79.9. The summed E-state index contributed by atoms with van der Waals surface area (Å²) in [5.41, 5.74) is 4.47. The Morgan fingerprint density at radius 3 is 1.94 bits per heavy atom. The minimum absolute atomic E-state index is 0. The molecular formula is C21H19BrN6O6. The monoisotopic (exact) mass is 530 g/mol. The first kappa shape index (κ1) is 26.0. The third-order valence-electron chi connectivity index (χ3n) is 4.95.